The summed E-state index contributed by atoms with van der Waals surface area (Å²) < 4.78 is 99.3. The monoisotopic (exact) mass is 443 g/mol. The Morgan fingerprint density at radius 3 is 1.80 bits per heavy atom. The zero-order valence-electron chi connectivity index (χ0n) is 10.1. The van der Waals surface area contributed by atoms with E-state index in [9.17, 15) is 39.6 Å². The van der Waals surface area contributed by atoms with Gasteiger partial charge in [0.25, 0.3) is 0 Å². The van der Waals surface area contributed by atoms with Crippen LogP contribution in [0.15, 0.2) is 0 Å². The number of rotatable bonds is 6. The maximum absolute atomic E-state index is 12.4. The summed E-state index contributed by atoms with van der Waals surface area (Å²) in [5, 5.41) is 0. The van der Waals surface area contributed by atoms with Crippen molar-refractivity contribution in [1.29, 1.82) is 0 Å². The third kappa shape index (κ3) is 5.35. The molecule has 0 amide bonds. The van der Waals surface area contributed by atoms with Gasteiger partial charge in [0.1, 0.15) is 0 Å². The molecule has 0 aliphatic carbocycles. The summed E-state index contributed by atoms with van der Waals surface area (Å²) in [5.41, 5.74) is -4.58. The molecule has 0 aromatic rings. The Labute approximate surface area is 121 Å². The first-order valence-electron chi connectivity index (χ1n) is 4.70. The van der Waals surface area contributed by atoms with Crippen molar-refractivity contribution < 1.29 is 65.5 Å². The molecule has 0 aromatic heterocycles. The summed E-state index contributed by atoms with van der Waals surface area (Å²) in [7, 11) is -4.32. The van der Waals surface area contributed by atoms with E-state index in [1.54, 1.807) is 0 Å². The summed E-state index contributed by atoms with van der Waals surface area (Å²) in [4.78, 5) is 10.6. The van der Waals surface area contributed by atoms with E-state index in [0.29, 0.717) is 0 Å². The Kier molecular flexibility index (Phi) is 6.30. The molecular weight excluding hydrogens is 433 g/mol. The van der Waals surface area contributed by atoms with Crippen molar-refractivity contribution >= 4 is 13.6 Å². The van der Waals surface area contributed by atoms with Gasteiger partial charge in [0.2, 0.25) is 0 Å². The van der Waals surface area contributed by atoms with Crippen molar-refractivity contribution in [2.45, 2.75) is 31.8 Å². The molecule has 0 bridgehead atoms. The summed E-state index contributed by atoms with van der Waals surface area (Å²) >= 11 is -1.50. The van der Waals surface area contributed by atoms with Crippen molar-refractivity contribution in [2.24, 2.45) is 0 Å². The van der Waals surface area contributed by atoms with Gasteiger partial charge in [-0.2, -0.15) is 0 Å². The topological polar surface area (TPSA) is 60.4 Å². The predicted octanol–water partition coefficient (Wildman–Crippen LogP) is -1.15. The molecule has 20 heavy (non-hydrogen) atoms. The van der Waals surface area contributed by atoms with E-state index < -0.39 is 62.5 Å². The Morgan fingerprint density at radius 2 is 1.50 bits per heavy atom. The number of carbonyl (C=O) groups is 1. The number of ether oxygens (including phenoxy) is 1. The standard InChI is InChI=1S/C8H10F6IO4S/c1-5(16)15-3-20(17,18)4-19-6(2,7(9,10)11)8(12,13)14/h3-4H2,1-2H3/q-1. The quantitative estimate of drug-likeness (QED) is 0.225. The summed E-state index contributed by atoms with van der Waals surface area (Å²) in [6, 6.07) is 0. The van der Waals surface area contributed by atoms with Crippen LogP contribution in [0.25, 0.3) is 0 Å². The zero-order chi connectivity index (χ0) is 16.4. The van der Waals surface area contributed by atoms with Gasteiger partial charge in [0, 0.05) is 0 Å². The minimum atomic E-state index is -5.82. The van der Waals surface area contributed by atoms with Crippen LogP contribution in [-0.2, 0) is 19.4 Å². The van der Waals surface area contributed by atoms with E-state index in [-0.39, 0.29) is 6.92 Å². The fourth-order valence-electron chi connectivity index (χ4n) is 0.723. The molecule has 0 atom stereocenters. The van der Waals surface area contributed by atoms with Crippen LogP contribution in [0.5, 0.6) is 0 Å². The third-order valence-corrected chi connectivity index (χ3v) is 7.79. The van der Waals surface area contributed by atoms with E-state index in [1.165, 1.54) is 0 Å². The second-order valence-electron chi connectivity index (χ2n) is 3.75. The molecule has 0 aromatic carbocycles. The van der Waals surface area contributed by atoms with Crippen LogP contribution >= 0.6 is 0 Å². The molecule has 0 radical (unpaired) electrons. The number of alkyl halides is 7. The molecule has 0 unspecified atom stereocenters. The number of hydrogen-bond donors (Lipinski definition) is 0. The molecule has 0 aliphatic rings. The van der Waals surface area contributed by atoms with Crippen LogP contribution in [0.4, 0.5) is 26.3 Å². The first kappa shape index (κ1) is 19.9. The molecule has 0 heterocycles. The second kappa shape index (κ2) is 6.34. The Morgan fingerprint density at radius 1 is 1.10 bits per heavy atom. The predicted molar refractivity (Wildman–Crippen MR) is 50.9 cm³/mol. The first-order valence-corrected chi connectivity index (χ1v) is 9.12. The molecule has 0 rings (SSSR count). The summed E-state index contributed by atoms with van der Waals surface area (Å²) in [6.45, 7) is 0.793. The maximum atomic E-state index is 12.4. The molecule has 0 aliphatic heterocycles. The van der Waals surface area contributed by atoms with Crippen LogP contribution < -0.4 is 21.2 Å². The Bertz CT molecular complexity index is 441. The number of halogens is 7. The van der Waals surface area contributed by atoms with Crippen molar-refractivity contribution in [3.05, 3.63) is 0 Å². The van der Waals surface area contributed by atoms with Gasteiger partial charge in [-0.15, -0.1) is 0 Å². The molecule has 122 valence electrons. The van der Waals surface area contributed by atoms with Crippen molar-refractivity contribution in [1.82, 2.24) is 0 Å². The van der Waals surface area contributed by atoms with E-state index in [2.05, 4.69) is 4.74 Å². The number of sulfone groups is 1. The molecule has 0 spiro atoms. The van der Waals surface area contributed by atoms with Gasteiger partial charge >= 0.3 is 121 Å². The third-order valence-electron chi connectivity index (χ3n) is 2.02. The van der Waals surface area contributed by atoms with Gasteiger partial charge < -0.3 is 0 Å². The van der Waals surface area contributed by atoms with Crippen LogP contribution in [0.3, 0.4) is 0 Å². The summed E-state index contributed by atoms with van der Waals surface area (Å²) in [5.74, 6) is -1.75. The van der Waals surface area contributed by atoms with E-state index in [0.717, 1.165) is 6.92 Å². The molecule has 0 saturated carbocycles. The number of carbonyl (C=O) groups excluding carboxylic acids is 1. The fourth-order valence-corrected chi connectivity index (χ4v) is 4.80. The van der Waals surface area contributed by atoms with Gasteiger partial charge in [-0.1, -0.05) is 0 Å². The minimum absolute atomic E-state index is 0.289. The molecule has 0 saturated heterocycles. The molecular formula is C8H10F6IO4S-. The normalized spacial score (nSPS) is 14.6. The van der Waals surface area contributed by atoms with Crippen molar-refractivity contribution in [3.8, 4) is 0 Å². The van der Waals surface area contributed by atoms with Crippen molar-refractivity contribution in [2.75, 3.05) is 9.70 Å². The van der Waals surface area contributed by atoms with Gasteiger partial charge in [-0.3, -0.25) is 0 Å². The van der Waals surface area contributed by atoms with Gasteiger partial charge in [-0.05, 0) is 0 Å². The van der Waals surface area contributed by atoms with E-state index >= 15 is 0 Å². The molecule has 0 N–H and O–H groups in total. The van der Waals surface area contributed by atoms with Crippen LogP contribution in [0, 0.1) is 0 Å². The van der Waals surface area contributed by atoms with Gasteiger partial charge in [0.15, 0.2) is 0 Å². The molecule has 0 fully saturated rings. The second-order valence-corrected chi connectivity index (χ2v) is 9.84. The van der Waals surface area contributed by atoms with Gasteiger partial charge in [0.05, 0.1) is 0 Å². The fraction of sp³-hybridized carbons (Fsp3) is 0.875. The van der Waals surface area contributed by atoms with Crippen LogP contribution in [0.2, 0.25) is 0 Å². The first-order chi connectivity index (χ1) is 8.62. The van der Waals surface area contributed by atoms with Crippen LogP contribution in [0.1, 0.15) is 13.8 Å². The Hall–Kier alpha value is -0.110. The Balaban J connectivity index is 5.03. The van der Waals surface area contributed by atoms with E-state index in [1.807, 2.05) is 0 Å². The van der Waals surface area contributed by atoms with Crippen LogP contribution in [-0.4, -0.2) is 39.9 Å². The summed E-state index contributed by atoms with van der Waals surface area (Å²) in [6.07, 6.45) is -11.6. The van der Waals surface area contributed by atoms with Crippen molar-refractivity contribution in [3.63, 3.8) is 0 Å². The average molecular weight is 443 g/mol. The van der Waals surface area contributed by atoms with Gasteiger partial charge in [-0.25, -0.2) is 0 Å². The molecule has 12 heteroatoms. The number of hydrogen-bond acceptors (Lipinski definition) is 4. The molecule has 4 nitrogen and oxygen atoms in total. The average Bonchev–Trinajstić information content (AvgIpc) is 2.20. The zero-order valence-corrected chi connectivity index (χ0v) is 13.1. The van der Waals surface area contributed by atoms with E-state index in [4.69, 9.17) is 0 Å². The SMILES string of the molecule is CC(=O)[I-]CS(=O)(=O)COC(C)(C(F)(F)F)C(F)(F)F.